The minimum absolute atomic E-state index is 0.159. The molecule has 2 aromatic rings. The molecule has 0 bridgehead atoms. The van der Waals surface area contributed by atoms with E-state index in [-0.39, 0.29) is 17.0 Å². The van der Waals surface area contributed by atoms with Gasteiger partial charge in [0.1, 0.15) is 5.75 Å². The van der Waals surface area contributed by atoms with Crippen LogP contribution in [0, 0.1) is 0 Å². The maximum absolute atomic E-state index is 12.7. The van der Waals surface area contributed by atoms with Crippen LogP contribution in [0.15, 0.2) is 33.9 Å². The first-order valence-electron chi connectivity index (χ1n) is 11.4. The fourth-order valence-corrected chi connectivity index (χ4v) is 4.60. The topological polar surface area (TPSA) is 70.6 Å². The van der Waals surface area contributed by atoms with Crippen LogP contribution in [0.2, 0.25) is 0 Å². The van der Waals surface area contributed by atoms with E-state index in [1.165, 1.54) is 4.57 Å². The molecule has 0 saturated carbocycles. The van der Waals surface area contributed by atoms with Crippen molar-refractivity contribution < 1.29 is 17.9 Å². The Labute approximate surface area is 189 Å². The van der Waals surface area contributed by atoms with E-state index in [4.69, 9.17) is 4.74 Å². The highest BCUT2D eigenvalue weighted by atomic mass is 19.4. The molecular weight excluding hydrogens is 437 g/mol. The summed E-state index contributed by atoms with van der Waals surface area (Å²) in [7, 11) is 0. The Morgan fingerprint density at radius 3 is 2.45 bits per heavy atom. The van der Waals surface area contributed by atoms with Crippen LogP contribution in [0.25, 0.3) is 0 Å². The van der Waals surface area contributed by atoms with Crippen molar-refractivity contribution in [2.24, 2.45) is 0 Å². The lowest BCUT2D eigenvalue weighted by molar-refractivity contribution is -0.153. The maximum Gasteiger partial charge on any atom is 0.422 e. The molecular formula is C23H29F3N4O3. The number of para-hydroxylation sites is 2. The van der Waals surface area contributed by atoms with Crippen molar-refractivity contribution in [2.75, 3.05) is 44.2 Å². The van der Waals surface area contributed by atoms with Crippen molar-refractivity contribution >= 4 is 5.69 Å². The molecule has 2 heterocycles. The first-order valence-corrected chi connectivity index (χ1v) is 11.4. The number of H-pyrrole nitrogens is 1. The van der Waals surface area contributed by atoms with E-state index in [0.717, 1.165) is 56.6 Å². The lowest BCUT2D eigenvalue weighted by Crippen LogP contribution is -2.47. The number of rotatable bonds is 7. The third-order valence-corrected chi connectivity index (χ3v) is 6.30. The van der Waals surface area contributed by atoms with Gasteiger partial charge in [0.05, 0.1) is 5.69 Å². The van der Waals surface area contributed by atoms with E-state index in [1.807, 2.05) is 4.90 Å². The van der Waals surface area contributed by atoms with E-state index >= 15 is 0 Å². The molecule has 1 aliphatic carbocycles. The molecule has 1 aromatic heterocycles. The van der Waals surface area contributed by atoms with Gasteiger partial charge in [0.15, 0.2) is 6.61 Å². The van der Waals surface area contributed by atoms with Crippen LogP contribution >= 0.6 is 0 Å². The highest BCUT2D eigenvalue weighted by Crippen LogP contribution is 2.30. The fraction of sp³-hybridized carbons (Fsp3) is 0.565. The van der Waals surface area contributed by atoms with Gasteiger partial charge in [-0.3, -0.25) is 14.3 Å². The molecule has 180 valence electrons. The van der Waals surface area contributed by atoms with Crippen molar-refractivity contribution in [3.05, 3.63) is 56.4 Å². The highest BCUT2D eigenvalue weighted by molar-refractivity contribution is 5.58. The van der Waals surface area contributed by atoms with Crippen molar-refractivity contribution in [3.8, 4) is 5.75 Å². The molecule has 1 fully saturated rings. The smallest absolute Gasteiger partial charge is 0.422 e. The Balaban J connectivity index is 1.30. The Morgan fingerprint density at radius 1 is 0.970 bits per heavy atom. The molecule has 7 nitrogen and oxygen atoms in total. The molecule has 1 aromatic carbocycles. The molecule has 2 aliphatic rings. The largest absolute Gasteiger partial charge is 0.482 e. The van der Waals surface area contributed by atoms with E-state index in [9.17, 15) is 22.8 Å². The summed E-state index contributed by atoms with van der Waals surface area (Å²) in [5, 5.41) is 0. The number of piperazine rings is 1. The van der Waals surface area contributed by atoms with Gasteiger partial charge in [0, 0.05) is 44.0 Å². The van der Waals surface area contributed by atoms with Crippen molar-refractivity contribution in [1.29, 1.82) is 0 Å². The highest BCUT2D eigenvalue weighted by Gasteiger charge is 2.29. The molecule has 4 rings (SSSR count). The Morgan fingerprint density at radius 2 is 1.70 bits per heavy atom. The standard InChI is InChI=1S/C23H29F3N4O3/c24-23(25,26)16-33-20-9-4-3-8-19(20)29-14-12-28(13-15-29)10-5-11-30-21(31)17-6-1-2-7-18(17)27-22(30)32/h3-4,8-9H,1-2,5-7,10-16H2,(H,27,32). The minimum Gasteiger partial charge on any atom is -0.482 e. The van der Waals surface area contributed by atoms with Crippen molar-refractivity contribution in [3.63, 3.8) is 0 Å². The van der Waals surface area contributed by atoms with Gasteiger partial charge in [0.25, 0.3) is 5.56 Å². The molecule has 10 heteroatoms. The lowest BCUT2D eigenvalue weighted by atomic mass is 9.97. The van der Waals surface area contributed by atoms with Crippen LogP contribution in [-0.4, -0.2) is 60.0 Å². The summed E-state index contributed by atoms with van der Waals surface area (Å²) in [5.74, 6) is 0.231. The SMILES string of the molecule is O=c1[nH]c2c(c(=O)n1CCCN1CCN(c3ccccc3OCC(F)(F)F)CC1)CCCC2. The number of nitrogens with zero attached hydrogens (tertiary/aromatic N) is 3. The third kappa shape index (κ3) is 5.79. The summed E-state index contributed by atoms with van der Waals surface area (Å²) in [6.45, 7) is 2.59. The van der Waals surface area contributed by atoms with Gasteiger partial charge >= 0.3 is 11.9 Å². The first kappa shape index (κ1) is 23.4. The van der Waals surface area contributed by atoms with Crippen LogP contribution in [-0.2, 0) is 19.4 Å². The van der Waals surface area contributed by atoms with Gasteiger partial charge in [-0.1, -0.05) is 12.1 Å². The lowest BCUT2D eigenvalue weighted by Gasteiger charge is -2.36. The van der Waals surface area contributed by atoms with E-state index < -0.39 is 12.8 Å². The number of aromatic nitrogens is 2. The zero-order chi connectivity index (χ0) is 23.4. The summed E-state index contributed by atoms with van der Waals surface area (Å²) in [5.41, 5.74) is 1.71. The summed E-state index contributed by atoms with van der Waals surface area (Å²) in [6.07, 6.45) is -0.253. The molecule has 0 spiro atoms. The second-order valence-corrected chi connectivity index (χ2v) is 8.60. The molecule has 1 aliphatic heterocycles. The number of halogens is 3. The number of aryl methyl sites for hydroxylation is 1. The van der Waals surface area contributed by atoms with Crippen molar-refractivity contribution in [1.82, 2.24) is 14.5 Å². The normalized spacial score (nSPS) is 17.1. The van der Waals surface area contributed by atoms with Crippen LogP contribution in [0.3, 0.4) is 0 Å². The average molecular weight is 467 g/mol. The molecule has 1 N–H and O–H groups in total. The second kappa shape index (κ2) is 10.0. The number of ether oxygens (including phenoxy) is 1. The Bertz CT molecular complexity index is 1070. The van der Waals surface area contributed by atoms with E-state index in [0.29, 0.717) is 31.7 Å². The van der Waals surface area contributed by atoms with Gasteiger partial charge in [-0.05, 0) is 50.8 Å². The molecule has 0 unspecified atom stereocenters. The van der Waals surface area contributed by atoms with E-state index in [2.05, 4.69) is 9.88 Å². The molecule has 1 saturated heterocycles. The zero-order valence-corrected chi connectivity index (χ0v) is 18.5. The summed E-state index contributed by atoms with van der Waals surface area (Å²) in [6, 6.07) is 6.78. The van der Waals surface area contributed by atoms with Crippen LogP contribution in [0.4, 0.5) is 18.9 Å². The summed E-state index contributed by atoms with van der Waals surface area (Å²) >= 11 is 0. The van der Waals surface area contributed by atoms with Gasteiger partial charge in [-0.25, -0.2) is 4.79 Å². The van der Waals surface area contributed by atoms with Crippen LogP contribution in [0.1, 0.15) is 30.5 Å². The quantitative estimate of drug-likeness (QED) is 0.679. The van der Waals surface area contributed by atoms with Crippen LogP contribution < -0.4 is 20.9 Å². The van der Waals surface area contributed by atoms with Gasteiger partial charge < -0.3 is 14.6 Å². The third-order valence-electron chi connectivity index (χ3n) is 6.30. The monoisotopic (exact) mass is 466 g/mol. The zero-order valence-electron chi connectivity index (χ0n) is 18.5. The summed E-state index contributed by atoms with van der Waals surface area (Å²) < 4.78 is 44.0. The number of fused-ring (bicyclic) bond motifs is 1. The number of hydrogen-bond donors (Lipinski definition) is 1. The number of alkyl halides is 3. The fourth-order valence-electron chi connectivity index (χ4n) is 4.60. The van der Waals surface area contributed by atoms with Gasteiger partial charge in [-0.15, -0.1) is 0 Å². The first-order chi connectivity index (χ1) is 15.8. The average Bonchev–Trinajstić information content (AvgIpc) is 2.80. The van der Waals surface area contributed by atoms with E-state index in [1.54, 1.807) is 24.3 Å². The number of nitrogens with one attached hydrogen (secondary N) is 1. The predicted octanol–water partition coefficient (Wildman–Crippen LogP) is 2.57. The molecule has 0 atom stereocenters. The van der Waals surface area contributed by atoms with Gasteiger partial charge in [0.2, 0.25) is 0 Å². The minimum atomic E-state index is -4.38. The molecule has 0 amide bonds. The van der Waals surface area contributed by atoms with Gasteiger partial charge in [-0.2, -0.15) is 13.2 Å². The second-order valence-electron chi connectivity index (χ2n) is 8.60. The number of benzene rings is 1. The Kier molecular flexibility index (Phi) is 7.11. The molecule has 0 radical (unpaired) electrons. The van der Waals surface area contributed by atoms with Crippen LogP contribution in [0.5, 0.6) is 5.75 Å². The maximum atomic E-state index is 12.7. The van der Waals surface area contributed by atoms with Crippen molar-refractivity contribution in [2.45, 2.75) is 44.8 Å². The Hall–Kier alpha value is -2.75. The number of anilines is 1. The predicted molar refractivity (Wildman–Crippen MR) is 119 cm³/mol. The number of aromatic amines is 1. The summed E-state index contributed by atoms with van der Waals surface area (Å²) in [4.78, 5) is 32.2. The number of hydrogen-bond acceptors (Lipinski definition) is 5. The molecule has 33 heavy (non-hydrogen) atoms.